The first kappa shape index (κ1) is 14.5. The number of nitrogens with one attached hydrogen (secondary N) is 1. The van der Waals surface area contributed by atoms with Gasteiger partial charge >= 0.3 is 0 Å². The number of nitrogens with zero attached hydrogens (tertiary/aromatic N) is 1. The van der Waals surface area contributed by atoms with E-state index >= 15 is 0 Å². The molecule has 0 amide bonds. The van der Waals surface area contributed by atoms with E-state index in [0.717, 1.165) is 18.4 Å². The summed E-state index contributed by atoms with van der Waals surface area (Å²) in [4.78, 5) is 3.93. The molecule has 0 saturated carbocycles. The van der Waals surface area contributed by atoms with Crippen LogP contribution in [-0.2, 0) is 16.4 Å². The number of halogens is 1. The van der Waals surface area contributed by atoms with E-state index in [1.807, 2.05) is 0 Å². The predicted molar refractivity (Wildman–Crippen MR) is 76.6 cm³/mol. The molecule has 4 nitrogen and oxygen atoms in total. The van der Waals surface area contributed by atoms with Crippen molar-refractivity contribution in [3.8, 4) is 0 Å². The molecule has 104 valence electrons. The molecular formula is C13H17ClN2O2S. The van der Waals surface area contributed by atoms with E-state index in [1.165, 1.54) is 0 Å². The topological polar surface area (TPSA) is 59.1 Å². The third-order valence-electron chi connectivity index (χ3n) is 3.13. The van der Waals surface area contributed by atoms with Crippen molar-refractivity contribution >= 4 is 21.6 Å². The normalized spacial score (nSPS) is 18.9. The number of aryl methyl sites for hydroxylation is 1. The number of pyridine rings is 1. The molecule has 0 bridgehead atoms. The van der Waals surface area contributed by atoms with E-state index in [1.54, 1.807) is 18.3 Å². The summed E-state index contributed by atoms with van der Waals surface area (Å²) in [6.07, 6.45) is 8.30. The standard InChI is InChI=1S/C13H17ClN2O2S/c14-13-6-5-12(9-15-13)7-8-19(17,18)16-10-11-3-1-2-4-11/h1,3,5-6,9,11,16H,2,4,7-8,10H2. The third-order valence-corrected chi connectivity index (χ3v) is 4.70. The van der Waals surface area contributed by atoms with Gasteiger partial charge < -0.3 is 0 Å². The van der Waals surface area contributed by atoms with Gasteiger partial charge in [0.25, 0.3) is 0 Å². The van der Waals surface area contributed by atoms with Gasteiger partial charge in [-0.25, -0.2) is 18.1 Å². The number of sulfonamides is 1. The summed E-state index contributed by atoms with van der Waals surface area (Å²) in [5, 5.41) is 0.415. The predicted octanol–water partition coefficient (Wildman–Crippen LogP) is 2.16. The third kappa shape index (κ3) is 4.93. The number of hydrogen-bond donors (Lipinski definition) is 1. The van der Waals surface area contributed by atoms with Gasteiger partial charge in [-0.05, 0) is 36.8 Å². The highest BCUT2D eigenvalue weighted by molar-refractivity contribution is 7.89. The van der Waals surface area contributed by atoms with Gasteiger partial charge in [0.05, 0.1) is 5.75 Å². The van der Waals surface area contributed by atoms with Crippen molar-refractivity contribution in [3.63, 3.8) is 0 Å². The maximum absolute atomic E-state index is 11.8. The van der Waals surface area contributed by atoms with E-state index in [2.05, 4.69) is 21.9 Å². The second-order valence-electron chi connectivity index (χ2n) is 4.67. The molecule has 0 aliphatic heterocycles. The molecule has 1 aromatic heterocycles. The van der Waals surface area contributed by atoms with Crippen molar-refractivity contribution in [3.05, 3.63) is 41.2 Å². The summed E-state index contributed by atoms with van der Waals surface area (Å²) >= 11 is 5.68. The number of hydrogen-bond acceptors (Lipinski definition) is 3. The largest absolute Gasteiger partial charge is 0.244 e. The van der Waals surface area contributed by atoms with Crippen molar-refractivity contribution in [2.24, 2.45) is 5.92 Å². The Hall–Kier alpha value is -0.910. The van der Waals surface area contributed by atoms with Crippen LogP contribution in [0, 0.1) is 5.92 Å². The fourth-order valence-corrected chi connectivity index (χ4v) is 3.21. The van der Waals surface area contributed by atoms with Gasteiger partial charge in [0, 0.05) is 12.7 Å². The minimum absolute atomic E-state index is 0.0761. The quantitative estimate of drug-likeness (QED) is 0.647. The molecule has 0 aromatic carbocycles. The zero-order valence-electron chi connectivity index (χ0n) is 10.5. The minimum atomic E-state index is -3.22. The summed E-state index contributed by atoms with van der Waals surface area (Å²) in [5.74, 6) is 0.416. The lowest BCUT2D eigenvalue weighted by Crippen LogP contribution is -2.31. The van der Waals surface area contributed by atoms with Gasteiger partial charge in [0.2, 0.25) is 10.0 Å². The highest BCUT2D eigenvalue weighted by Gasteiger charge is 2.15. The van der Waals surface area contributed by atoms with Gasteiger partial charge in [-0.15, -0.1) is 0 Å². The van der Waals surface area contributed by atoms with E-state index in [0.29, 0.717) is 24.0 Å². The summed E-state index contributed by atoms with van der Waals surface area (Å²) < 4.78 is 26.3. The van der Waals surface area contributed by atoms with Crippen molar-refractivity contribution in [2.45, 2.75) is 19.3 Å². The minimum Gasteiger partial charge on any atom is -0.244 e. The van der Waals surface area contributed by atoms with Crippen LogP contribution >= 0.6 is 11.6 Å². The highest BCUT2D eigenvalue weighted by Crippen LogP contribution is 2.15. The fourth-order valence-electron chi connectivity index (χ4n) is 1.98. The van der Waals surface area contributed by atoms with Crippen LogP contribution in [0.5, 0.6) is 0 Å². The molecule has 2 rings (SSSR count). The zero-order chi connectivity index (χ0) is 13.7. The summed E-state index contributed by atoms with van der Waals surface area (Å²) in [6, 6.07) is 3.46. The Labute approximate surface area is 118 Å². The second-order valence-corrected chi connectivity index (χ2v) is 6.99. The second kappa shape index (κ2) is 6.50. The molecule has 0 fully saturated rings. The van der Waals surface area contributed by atoms with Crippen LogP contribution in [-0.4, -0.2) is 25.7 Å². The first-order chi connectivity index (χ1) is 9.05. The molecule has 1 N–H and O–H groups in total. The Morgan fingerprint density at radius 2 is 2.26 bits per heavy atom. The molecule has 1 aliphatic carbocycles. The zero-order valence-corrected chi connectivity index (χ0v) is 12.1. The molecule has 1 atom stereocenters. The molecule has 1 unspecified atom stereocenters. The Kier molecular flexibility index (Phi) is 4.96. The van der Waals surface area contributed by atoms with E-state index in [4.69, 9.17) is 11.6 Å². The Morgan fingerprint density at radius 1 is 1.42 bits per heavy atom. The molecule has 0 radical (unpaired) electrons. The molecule has 0 saturated heterocycles. The lowest BCUT2D eigenvalue weighted by molar-refractivity contribution is 0.558. The average molecular weight is 301 g/mol. The molecular weight excluding hydrogens is 284 g/mol. The first-order valence-electron chi connectivity index (χ1n) is 6.29. The van der Waals surface area contributed by atoms with Gasteiger partial charge in [-0.1, -0.05) is 29.8 Å². The monoisotopic (exact) mass is 300 g/mol. The Bertz CT molecular complexity index is 540. The van der Waals surface area contributed by atoms with Crippen LogP contribution in [0.1, 0.15) is 18.4 Å². The van der Waals surface area contributed by atoms with Crippen molar-refractivity contribution in [1.82, 2.24) is 9.71 Å². The molecule has 1 aliphatic rings. The van der Waals surface area contributed by atoms with Crippen LogP contribution in [0.4, 0.5) is 0 Å². The van der Waals surface area contributed by atoms with Crippen LogP contribution in [0.25, 0.3) is 0 Å². The van der Waals surface area contributed by atoms with Crippen LogP contribution in [0.2, 0.25) is 5.15 Å². The van der Waals surface area contributed by atoms with E-state index in [-0.39, 0.29) is 5.75 Å². The molecule has 6 heteroatoms. The summed E-state index contributed by atoms with van der Waals surface area (Å²) in [5.41, 5.74) is 0.871. The maximum Gasteiger partial charge on any atom is 0.211 e. The Balaban J connectivity index is 1.80. The first-order valence-corrected chi connectivity index (χ1v) is 8.33. The average Bonchev–Trinajstić information content (AvgIpc) is 2.89. The van der Waals surface area contributed by atoms with Crippen LogP contribution in [0.15, 0.2) is 30.5 Å². The fraction of sp³-hybridized carbons (Fsp3) is 0.462. The van der Waals surface area contributed by atoms with Gasteiger partial charge in [-0.2, -0.15) is 0 Å². The Morgan fingerprint density at radius 3 is 2.89 bits per heavy atom. The number of aromatic nitrogens is 1. The highest BCUT2D eigenvalue weighted by atomic mass is 35.5. The van der Waals surface area contributed by atoms with Gasteiger partial charge in [-0.3, -0.25) is 0 Å². The molecule has 0 spiro atoms. The molecule has 1 heterocycles. The van der Waals surface area contributed by atoms with Crippen molar-refractivity contribution in [1.29, 1.82) is 0 Å². The van der Waals surface area contributed by atoms with Crippen LogP contribution < -0.4 is 4.72 Å². The van der Waals surface area contributed by atoms with E-state index < -0.39 is 10.0 Å². The SMILES string of the molecule is O=S(=O)(CCc1ccc(Cl)nc1)NCC1C=CCC1. The van der Waals surface area contributed by atoms with Crippen molar-refractivity contribution < 1.29 is 8.42 Å². The smallest absolute Gasteiger partial charge is 0.211 e. The number of allylic oxidation sites excluding steroid dienone is 1. The lowest BCUT2D eigenvalue weighted by Gasteiger charge is -2.10. The molecule has 19 heavy (non-hydrogen) atoms. The summed E-state index contributed by atoms with van der Waals surface area (Å²) in [6.45, 7) is 0.498. The van der Waals surface area contributed by atoms with E-state index in [9.17, 15) is 8.42 Å². The van der Waals surface area contributed by atoms with Crippen molar-refractivity contribution in [2.75, 3.05) is 12.3 Å². The lowest BCUT2D eigenvalue weighted by atomic mass is 10.1. The maximum atomic E-state index is 11.8. The molecule has 1 aromatic rings. The van der Waals surface area contributed by atoms with Crippen LogP contribution in [0.3, 0.4) is 0 Å². The number of rotatable bonds is 6. The summed E-state index contributed by atoms with van der Waals surface area (Å²) in [7, 11) is -3.22. The van der Waals surface area contributed by atoms with Gasteiger partial charge in [0.1, 0.15) is 5.15 Å². The van der Waals surface area contributed by atoms with Gasteiger partial charge in [0.15, 0.2) is 0 Å².